The van der Waals surface area contributed by atoms with Gasteiger partial charge in [-0.1, -0.05) is 12.8 Å². The number of piperazine rings is 1. The summed E-state index contributed by atoms with van der Waals surface area (Å²) in [5, 5.41) is 13.5. The number of benzene rings is 1. The van der Waals surface area contributed by atoms with Gasteiger partial charge in [0.25, 0.3) is 0 Å². The van der Waals surface area contributed by atoms with E-state index in [9.17, 15) is 5.11 Å². The first kappa shape index (κ1) is 16.1. The van der Waals surface area contributed by atoms with Gasteiger partial charge in [0.1, 0.15) is 0 Å². The average molecular weight is 369 g/mol. The third-order valence-corrected chi connectivity index (χ3v) is 5.61. The fraction of sp³-hybridized carbons (Fsp3) is 0.647. The summed E-state index contributed by atoms with van der Waals surface area (Å²) in [4.78, 5) is 2.60. The molecule has 1 aliphatic carbocycles. The van der Waals surface area contributed by atoms with E-state index in [4.69, 9.17) is 4.74 Å². The third-order valence-electron chi connectivity index (χ3n) is 5.00. The Morgan fingerprint density at radius 2 is 1.95 bits per heavy atom. The number of phenols is 1. The molecule has 1 saturated carbocycles. The van der Waals surface area contributed by atoms with E-state index in [0.29, 0.717) is 17.7 Å². The van der Waals surface area contributed by atoms with Crippen LogP contribution in [0.4, 0.5) is 0 Å². The summed E-state index contributed by atoms with van der Waals surface area (Å²) in [5.41, 5.74) is 1.26. The topological polar surface area (TPSA) is 44.7 Å². The fourth-order valence-corrected chi connectivity index (χ4v) is 4.39. The Hall–Kier alpha value is -0.780. The van der Waals surface area contributed by atoms with Gasteiger partial charge >= 0.3 is 0 Å². The second-order valence-electron chi connectivity index (χ2n) is 6.33. The average Bonchev–Trinajstić information content (AvgIpc) is 3.06. The first-order chi connectivity index (χ1) is 10.7. The molecular formula is C17H25BrN2O2. The van der Waals surface area contributed by atoms with Crippen molar-refractivity contribution in [3.8, 4) is 11.5 Å². The van der Waals surface area contributed by atoms with E-state index < -0.39 is 0 Å². The minimum Gasteiger partial charge on any atom is -0.503 e. The molecule has 1 aromatic carbocycles. The zero-order chi connectivity index (χ0) is 15.5. The highest BCUT2D eigenvalue weighted by Gasteiger charge is 2.32. The van der Waals surface area contributed by atoms with Gasteiger partial charge in [-0.15, -0.1) is 0 Å². The van der Waals surface area contributed by atoms with Crippen LogP contribution in [0.5, 0.6) is 11.5 Å². The lowest BCUT2D eigenvalue weighted by Crippen LogP contribution is -2.46. The first-order valence-electron chi connectivity index (χ1n) is 8.22. The Labute approximate surface area is 141 Å². The Balaban J connectivity index is 1.95. The Bertz CT molecular complexity index is 512. The molecule has 2 N–H and O–H groups in total. The number of hydrogen-bond acceptors (Lipinski definition) is 4. The zero-order valence-electron chi connectivity index (χ0n) is 13.1. The summed E-state index contributed by atoms with van der Waals surface area (Å²) in [6.45, 7) is 4.28. The standard InChI is InChI=1S/C17H25BrN2O2/c1-22-15-11-13(10-14(18)17(15)21)16(12-4-2-3-5-12)20-8-6-19-7-9-20/h10-12,16,19,21H,2-9H2,1H3/t16-/m0/s1. The molecule has 1 saturated heterocycles. The van der Waals surface area contributed by atoms with E-state index in [-0.39, 0.29) is 5.75 Å². The lowest BCUT2D eigenvalue weighted by atomic mass is 9.89. The molecule has 4 nitrogen and oxygen atoms in total. The highest BCUT2D eigenvalue weighted by Crippen LogP contribution is 2.44. The van der Waals surface area contributed by atoms with Crippen molar-refractivity contribution < 1.29 is 9.84 Å². The predicted molar refractivity (Wildman–Crippen MR) is 91.5 cm³/mol. The third kappa shape index (κ3) is 3.26. The number of rotatable bonds is 4. The van der Waals surface area contributed by atoms with Gasteiger partial charge in [0.2, 0.25) is 0 Å². The van der Waals surface area contributed by atoms with Crippen molar-refractivity contribution in [2.24, 2.45) is 5.92 Å². The van der Waals surface area contributed by atoms with Crippen LogP contribution in [0.2, 0.25) is 0 Å². The molecule has 0 aromatic heterocycles. The predicted octanol–water partition coefficient (Wildman–Crippen LogP) is 3.30. The number of ether oxygens (including phenoxy) is 1. The number of nitrogens with zero attached hydrogens (tertiary/aromatic N) is 1. The van der Waals surface area contributed by atoms with Crippen LogP contribution in [0.1, 0.15) is 37.3 Å². The van der Waals surface area contributed by atoms with Gasteiger partial charge < -0.3 is 15.2 Å². The van der Waals surface area contributed by atoms with Crippen LogP contribution < -0.4 is 10.1 Å². The SMILES string of the molecule is COc1cc([C@H](C2CCCC2)N2CCNCC2)cc(Br)c1O. The monoisotopic (exact) mass is 368 g/mol. The summed E-state index contributed by atoms with van der Waals surface area (Å²) in [5.74, 6) is 1.46. The molecule has 1 aliphatic heterocycles. The Morgan fingerprint density at radius 1 is 1.27 bits per heavy atom. The van der Waals surface area contributed by atoms with E-state index in [2.05, 4.69) is 32.2 Å². The van der Waals surface area contributed by atoms with Gasteiger partial charge in [-0.25, -0.2) is 0 Å². The van der Waals surface area contributed by atoms with Crippen molar-refractivity contribution in [1.29, 1.82) is 0 Å². The maximum Gasteiger partial charge on any atom is 0.172 e. The van der Waals surface area contributed by atoms with Crippen LogP contribution >= 0.6 is 15.9 Å². The molecule has 3 rings (SSSR count). The summed E-state index contributed by atoms with van der Waals surface area (Å²) in [6.07, 6.45) is 5.28. The molecule has 0 radical (unpaired) electrons. The second-order valence-corrected chi connectivity index (χ2v) is 7.18. The van der Waals surface area contributed by atoms with Crippen LogP contribution in [-0.4, -0.2) is 43.3 Å². The number of hydrogen-bond donors (Lipinski definition) is 2. The van der Waals surface area contributed by atoms with Crippen LogP contribution in [0.25, 0.3) is 0 Å². The first-order valence-corrected chi connectivity index (χ1v) is 9.01. The highest BCUT2D eigenvalue weighted by atomic mass is 79.9. The second kappa shape index (κ2) is 7.20. The molecule has 1 atom stereocenters. The molecule has 2 aliphatic rings. The van der Waals surface area contributed by atoms with Crippen LogP contribution in [0.3, 0.4) is 0 Å². The van der Waals surface area contributed by atoms with Crippen molar-refractivity contribution in [2.75, 3.05) is 33.3 Å². The van der Waals surface area contributed by atoms with Gasteiger partial charge in [0, 0.05) is 32.2 Å². The maximum absolute atomic E-state index is 10.1. The zero-order valence-corrected chi connectivity index (χ0v) is 14.7. The van der Waals surface area contributed by atoms with Crippen molar-refractivity contribution in [2.45, 2.75) is 31.7 Å². The summed E-state index contributed by atoms with van der Waals surface area (Å²) < 4.78 is 6.08. The van der Waals surface area contributed by atoms with Crippen LogP contribution in [0, 0.1) is 5.92 Å². The van der Waals surface area contributed by atoms with Gasteiger partial charge in [-0.2, -0.15) is 0 Å². The lowest BCUT2D eigenvalue weighted by molar-refractivity contribution is 0.125. The molecule has 1 aromatic rings. The van der Waals surface area contributed by atoms with E-state index in [0.717, 1.165) is 30.7 Å². The normalized spacial score (nSPS) is 21.9. The lowest BCUT2D eigenvalue weighted by Gasteiger charge is -2.39. The van der Waals surface area contributed by atoms with E-state index in [1.807, 2.05) is 6.07 Å². The molecule has 122 valence electrons. The molecule has 22 heavy (non-hydrogen) atoms. The Kier molecular flexibility index (Phi) is 5.26. The number of methoxy groups -OCH3 is 1. The van der Waals surface area contributed by atoms with Crippen molar-refractivity contribution in [3.05, 3.63) is 22.2 Å². The molecule has 0 unspecified atom stereocenters. The number of phenolic OH excluding ortho intramolecular Hbond substituents is 1. The molecule has 2 fully saturated rings. The van der Waals surface area contributed by atoms with Crippen molar-refractivity contribution in [3.63, 3.8) is 0 Å². The highest BCUT2D eigenvalue weighted by molar-refractivity contribution is 9.10. The van der Waals surface area contributed by atoms with E-state index in [1.165, 1.54) is 31.2 Å². The van der Waals surface area contributed by atoms with E-state index >= 15 is 0 Å². The molecule has 0 spiro atoms. The van der Waals surface area contributed by atoms with E-state index in [1.54, 1.807) is 7.11 Å². The van der Waals surface area contributed by atoms with Gasteiger partial charge in [0.15, 0.2) is 11.5 Å². The molecule has 1 heterocycles. The van der Waals surface area contributed by atoms with Crippen molar-refractivity contribution >= 4 is 15.9 Å². The number of nitrogens with one attached hydrogen (secondary N) is 1. The van der Waals surface area contributed by atoms with Gasteiger partial charge in [0.05, 0.1) is 11.6 Å². The van der Waals surface area contributed by atoms with Gasteiger partial charge in [-0.05, 0) is 52.4 Å². The van der Waals surface area contributed by atoms with Gasteiger partial charge in [-0.3, -0.25) is 4.90 Å². The minimum atomic E-state index is 0.191. The molecule has 5 heteroatoms. The minimum absolute atomic E-state index is 0.191. The smallest absolute Gasteiger partial charge is 0.172 e. The largest absolute Gasteiger partial charge is 0.503 e. The van der Waals surface area contributed by atoms with Crippen molar-refractivity contribution in [1.82, 2.24) is 10.2 Å². The fourth-order valence-electron chi connectivity index (χ4n) is 3.93. The molecule has 0 amide bonds. The summed E-state index contributed by atoms with van der Waals surface area (Å²) in [6, 6.07) is 4.52. The quantitative estimate of drug-likeness (QED) is 0.855. The number of halogens is 1. The molecular weight excluding hydrogens is 344 g/mol. The summed E-state index contributed by atoms with van der Waals surface area (Å²) in [7, 11) is 1.61. The molecule has 0 bridgehead atoms. The number of aromatic hydroxyl groups is 1. The summed E-state index contributed by atoms with van der Waals surface area (Å²) >= 11 is 3.48. The van der Waals surface area contributed by atoms with Crippen LogP contribution in [0.15, 0.2) is 16.6 Å². The maximum atomic E-state index is 10.1. The van der Waals surface area contributed by atoms with Crippen LogP contribution in [-0.2, 0) is 0 Å². The Morgan fingerprint density at radius 3 is 2.59 bits per heavy atom.